The Balaban J connectivity index is 2.00. The molecule has 0 aliphatic heterocycles. The summed E-state index contributed by atoms with van der Waals surface area (Å²) in [6, 6.07) is 0. The molecule has 0 saturated carbocycles. The van der Waals surface area contributed by atoms with Gasteiger partial charge in [0.15, 0.2) is 10.8 Å². The zero-order chi connectivity index (χ0) is 15.4. The average Bonchev–Trinajstić information content (AvgIpc) is 2.96. The molecule has 0 aliphatic carbocycles. The summed E-state index contributed by atoms with van der Waals surface area (Å²) in [7, 11) is 1.67. The van der Waals surface area contributed by atoms with Gasteiger partial charge >= 0.3 is 5.97 Å². The highest BCUT2D eigenvalue weighted by Crippen LogP contribution is 2.19. The molecule has 7 nitrogen and oxygen atoms in total. The number of hydrogen-bond donors (Lipinski definition) is 1. The Morgan fingerprint density at radius 3 is 2.90 bits per heavy atom. The van der Waals surface area contributed by atoms with Gasteiger partial charge < -0.3 is 4.74 Å². The van der Waals surface area contributed by atoms with Crippen LogP contribution in [0.3, 0.4) is 0 Å². The van der Waals surface area contributed by atoms with Crippen LogP contribution in [0.4, 0.5) is 5.13 Å². The Bertz CT molecular complexity index is 667. The summed E-state index contributed by atoms with van der Waals surface area (Å²) in [5.41, 5.74) is 0.669. The minimum absolute atomic E-state index is 0.0740. The van der Waals surface area contributed by atoms with Crippen molar-refractivity contribution in [1.82, 2.24) is 14.8 Å². The molecule has 112 valence electrons. The van der Waals surface area contributed by atoms with E-state index in [2.05, 4.69) is 15.4 Å². The molecule has 21 heavy (non-hydrogen) atoms. The van der Waals surface area contributed by atoms with Crippen molar-refractivity contribution in [3.63, 3.8) is 0 Å². The highest BCUT2D eigenvalue weighted by Gasteiger charge is 2.16. The summed E-state index contributed by atoms with van der Waals surface area (Å²) in [4.78, 5) is 27.5. The topological polar surface area (TPSA) is 86.1 Å². The smallest absolute Gasteiger partial charge is 0.311 e. The molecular formula is C12H13ClN4O3S. The van der Waals surface area contributed by atoms with E-state index in [0.29, 0.717) is 17.4 Å². The maximum absolute atomic E-state index is 12.0. The molecule has 0 aliphatic rings. The van der Waals surface area contributed by atoms with Gasteiger partial charge in [-0.15, -0.1) is 11.3 Å². The first-order valence-corrected chi connectivity index (χ1v) is 7.36. The van der Waals surface area contributed by atoms with E-state index in [0.717, 1.165) is 0 Å². The number of nitrogens with zero attached hydrogens (tertiary/aromatic N) is 3. The first kappa shape index (κ1) is 15.5. The summed E-state index contributed by atoms with van der Waals surface area (Å²) in [5, 5.41) is 8.88. The second kappa shape index (κ2) is 6.68. The highest BCUT2D eigenvalue weighted by atomic mass is 35.5. The van der Waals surface area contributed by atoms with Crippen LogP contribution in [-0.2, 0) is 23.0 Å². The molecule has 1 N–H and O–H groups in total. The van der Waals surface area contributed by atoms with E-state index < -0.39 is 5.91 Å². The molecule has 0 fully saturated rings. The van der Waals surface area contributed by atoms with Crippen LogP contribution in [0.15, 0.2) is 11.6 Å². The molecule has 1 amide bonds. The summed E-state index contributed by atoms with van der Waals surface area (Å²) in [6.45, 7) is 2.06. The van der Waals surface area contributed by atoms with Crippen molar-refractivity contribution >= 4 is 39.9 Å². The number of rotatable bonds is 5. The molecule has 2 aromatic rings. The molecule has 0 atom stereocenters. The Morgan fingerprint density at radius 2 is 2.29 bits per heavy atom. The lowest BCUT2D eigenvalue weighted by molar-refractivity contribution is -0.142. The van der Waals surface area contributed by atoms with Gasteiger partial charge in [0.2, 0.25) is 0 Å². The zero-order valence-electron chi connectivity index (χ0n) is 11.4. The molecule has 0 saturated heterocycles. The standard InChI is InChI=1S/C12H13ClN4O3S/c1-3-20-9(18)4-7-6-21-12(14-7)15-11(19)10-8(13)5-17(2)16-10/h5-6H,3-4H2,1-2H3,(H,14,15,19). The number of nitrogens with one attached hydrogen (secondary N) is 1. The molecule has 2 rings (SSSR count). The number of thiazole rings is 1. The van der Waals surface area contributed by atoms with Crippen LogP contribution in [0.2, 0.25) is 5.02 Å². The van der Waals surface area contributed by atoms with E-state index in [-0.39, 0.29) is 23.1 Å². The van der Waals surface area contributed by atoms with Crippen molar-refractivity contribution in [3.8, 4) is 0 Å². The summed E-state index contributed by atoms with van der Waals surface area (Å²) in [6.07, 6.45) is 1.61. The van der Waals surface area contributed by atoms with Crippen LogP contribution in [0.1, 0.15) is 23.1 Å². The number of esters is 1. The van der Waals surface area contributed by atoms with Gasteiger partial charge in [-0.1, -0.05) is 11.6 Å². The van der Waals surface area contributed by atoms with Crippen LogP contribution in [0.25, 0.3) is 0 Å². The Hall–Kier alpha value is -1.93. The van der Waals surface area contributed by atoms with E-state index >= 15 is 0 Å². The maximum atomic E-state index is 12.0. The fourth-order valence-corrected chi connectivity index (χ4v) is 2.55. The average molecular weight is 329 g/mol. The van der Waals surface area contributed by atoms with Crippen LogP contribution in [-0.4, -0.2) is 33.2 Å². The fraction of sp³-hybridized carbons (Fsp3) is 0.333. The lowest BCUT2D eigenvalue weighted by atomic mass is 10.3. The Morgan fingerprint density at radius 1 is 1.52 bits per heavy atom. The molecule has 2 heterocycles. The number of halogens is 1. The molecule has 0 unspecified atom stereocenters. The van der Waals surface area contributed by atoms with Gasteiger partial charge in [-0.25, -0.2) is 4.98 Å². The number of amides is 1. The van der Waals surface area contributed by atoms with E-state index in [1.54, 1.807) is 19.4 Å². The van der Waals surface area contributed by atoms with E-state index in [1.165, 1.54) is 22.2 Å². The number of carbonyl (C=O) groups excluding carboxylic acids is 2. The van der Waals surface area contributed by atoms with Crippen molar-refractivity contribution < 1.29 is 14.3 Å². The first-order chi connectivity index (χ1) is 9.99. The van der Waals surface area contributed by atoms with Gasteiger partial charge in [-0.2, -0.15) is 5.10 Å². The predicted molar refractivity (Wildman–Crippen MR) is 78.6 cm³/mol. The molecule has 0 radical (unpaired) electrons. The third kappa shape index (κ3) is 4.02. The van der Waals surface area contributed by atoms with Crippen LogP contribution in [0.5, 0.6) is 0 Å². The molecule has 9 heteroatoms. The third-order valence-electron chi connectivity index (χ3n) is 2.40. The van der Waals surface area contributed by atoms with Crippen LogP contribution in [0, 0.1) is 0 Å². The second-order valence-corrected chi connectivity index (χ2v) is 5.34. The van der Waals surface area contributed by atoms with E-state index in [4.69, 9.17) is 16.3 Å². The van der Waals surface area contributed by atoms with Crippen LogP contribution < -0.4 is 5.32 Å². The van der Waals surface area contributed by atoms with Crippen molar-refractivity contribution in [2.75, 3.05) is 11.9 Å². The van der Waals surface area contributed by atoms with E-state index in [1.807, 2.05) is 0 Å². The lowest BCUT2D eigenvalue weighted by Gasteiger charge is -1.99. The normalized spacial score (nSPS) is 10.4. The minimum atomic E-state index is -0.447. The maximum Gasteiger partial charge on any atom is 0.311 e. The number of carbonyl (C=O) groups is 2. The van der Waals surface area contributed by atoms with Gasteiger partial charge in [0.1, 0.15) is 0 Å². The summed E-state index contributed by atoms with van der Waals surface area (Å²) in [5.74, 6) is -0.800. The SMILES string of the molecule is CCOC(=O)Cc1csc(NC(=O)c2nn(C)cc2Cl)n1. The van der Waals surface area contributed by atoms with Crippen LogP contribution >= 0.6 is 22.9 Å². The molecule has 2 aromatic heterocycles. The lowest BCUT2D eigenvalue weighted by Crippen LogP contribution is -2.13. The van der Waals surface area contributed by atoms with Crippen molar-refractivity contribution in [2.24, 2.45) is 7.05 Å². The molecule has 0 spiro atoms. The predicted octanol–water partition coefficient (Wildman–Crippen LogP) is 1.89. The fourth-order valence-electron chi connectivity index (χ4n) is 1.58. The summed E-state index contributed by atoms with van der Waals surface area (Å²) >= 11 is 7.11. The number of aryl methyl sites for hydroxylation is 1. The summed E-state index contributed by atoms with van der Waals surface area (Å²) < 4.78 is 6.28. The monoisotopic (exact) mass is 328 g/mol. The Labute approximate surface area is 129 Å². The van der Waals surface area contributed by atoms with Crippen molar-refractivity contribution in [1.29, 1.82) is 0 Å². The van der Waals surface area contributed by atoms with Gasteiger partial charge in [0, 0.05) is 18.6 Å². The number of hydrogen-bond acceptors (Lipinski definition) is 6. The zero-order valence-corrected chi connectivity index (χ0v) is 13.0. The molecule has 0 aromatic carbocycles. The quantitative estimate of drug-likeness (QED) is 0.847. The number of ether oxygens (including phenoxy) is 1. The largest absolute Gasteiger partial charge is 0.466 e. The van der Waals surface area contributed by atoms with Crippen molar-refractivity contribution in [3.05, 3.63) is 28.0 Å². The minimum Gasteiger partial charge on any atom is -0.466 e. The second-order valence-electron chi connectivity index (χ2n) is 4.08. The van der Waals surface area contributed by atoms with Gasteiger partial charge in [0.05, 0.1) is 23.7 Å². The number of anilines is 1. The first-order valence-electron chi connectivity index (χ1n) is 6.10. The molecular weight excluding hydrogens is 316 g/mol. The van der Waals surface area contributed by atoms with Gasteiger partial charge in [-0.05, 0) is 6.92 Å². The van der Waals surface area contributed by atoms with Gasteiger partial charge in [-0.3, -0.25) is 19.6 Å². The Kier molecular flexibility index (Phi) is 4.92. The van der Waals surface area contributed by atoms with Gasteiger partial charge in [0.25, 0.3) is 5.91 Å². The third-order valence-corrected chi connectivity index (χ3v) is 3.49. The molecule has 0 bridgehead atoms. The van der Waals surface area contributed by atoms with E-state index in [9.17, 15) is 9.59 Å². The van der Waals surface area contributed by atoms with Crippen molar-refractivity contribution in [2.45, 2.75) is 13.3 Å². The number of aromatic nitrogens is 3. The highest BCUT2D eigenvalue weighted by molar-refractivity contribution is 7.14.